The Morgan fingerprint density at radius 2 is 1.11 bits per heavy atom. The van der Waals surface area contributed by atoms with Gasteiger partial charge in [0.05, 0.1) is 16.7 Å². The number of aliphatic carboxylic acids is 1. The molecule has 11 heteroatoms. The number of aromatic hydroxyl groups is 1. The van der Waals surface area contributed by atoms with Crippen molar-refractivity contribution in [2.75, 3.05) is 0 Å². The summed E-state index contributed by atoms with van der Waals surface area (Å²) in [5, 5.41) is 19.5. The molecule has 0 aliphatic rings. The number of hydrogen-bond donors (Lipinski definition) is 4. The number of amides is 2. The van der Waals surface area contributed by atoms with Gasteiger partial charge in [0.2, 0.25) is 12.2 Å². The number of esters is 2. The molecule has 36 heavy (non-hydrogen) atoms. The normalized spacial score (nSPS) is 11.9. The molecule has 0 aliphatic heterocycles. The molecule has 0 spiro atoms. The first-order chi connectivity index (χ1) is 17.3. The maximum Gasteiger partial charge on any atom is 0.349 e. The highest BCUT2D eigenvalue weighted by Gasteiger charge is 2.41. The fraction of sp³-hybridized carbons (Fsp3) is 0.0800. The van der Waals surface area contributed by atoms with E-state index in [1.165, 1.54) is 72.8 Å². The van der Waals surface area contributed by atoms with Crippen molar-refractivity contribution in [2.24, 2.45) is 0 Å². The predicted molar refractivity (Wildman–Crippen MR) is 123 cm³/mol. The molecule has 184 valence electrons. The van der Waals surface area contributed by atoms with Gasteiger partial charge in [-0.15, -0.1) is 0 Å². The van der Waals surface area contributed by atoms with E-state index in [0.717, 1.165) is 0 Å². The van der Waals surface area contributed by atoms with Crippen LogP contribution in [0.25, 0.3) is 0 Å². The second-order valence-electron chi connectivity index (χ2n) is 7.18. The van der Waals surface area contributed by atoms with Crippen molar-refractivity contribution in [2.45, 2.75) is 12.2 Å². The van der Waals surface area contributed by atoms with E-state index < -0.39 is 41.9 Å². The number of carboxylic acid groups (broad SMARTS) is 1. The molecule has 0 radical (unpaired) electrons. The van der Waals surface area contributed by atoms with E-state index in [1.807, 2.05) is 10.9 Å². The molecule has 0 fully saturated rings. The third-order valence-electron chi connectivity index (χ3n) is 4.71. The predicted octanol–water partition coefficient (Wildman–Crippen LogP) is 1.69. The van der Waals surface area contributed by atoms with Crippen molar-refractivity contribution < 1.29 is 43.7 Å². The first-order valence-corrected chi connectivity index (χ1v) is 10.4. The van der Waals surface area contributed by atoms with Crippen molar-refractivity contribution >= 4 is 29.7 Å². The van der Waals surface area contributed by atoms with E-state index >= 15 is 0 Å². The molecule has 11 nitrogen and oxygen atoms in total. The summed E-state index contributed by atoms with van der Waals surface area (Å²) in [5.74, 6) is -6.58. The SMILES string of the molecule is O=C(OC(C(=O)O)C(OC(=O)c1ccccc1)C(=O)NNC(=O)c1ccccc1O)c1ccccc1. The molecule has 4 N–H and O–H groups in total. The van der Waals surface area contributed by atoms with Gasteiger partial charge in [0, 0.05) is 0 Å². The van der Waals surface area contributed by atoms with Gasteiger partial charge in [0.25, 0.3) is 11.8 Å². The Labute approximate surface area is 204 Å². The lowest BCUT2D eigenvalue weighted by Crippen LogP contribution is -2.54. The largest absolute Gasteiger partial charge is 0.507 e. The van der Waals surface area contributed by atoms with Crippen molar-refractivity contribution in [1.29, 1.82) is 0 Å². The first-order valence-electron chi connectivity index (χ1n) is 10.4. The van der Waals surface area contributed by atoms with Crippen LogP contribution in [0, 0.1) is 0 Å². The lowest BCUT2D eigenvalue weighted by molar-refractivity contribution is -0.159. The molecular weight excluding hydrogens is 472 g/mol. The van der Waals surface area contributed by atoms with Crippen LogP contribution in [0.15, 0.2) is 84.9 Å². The fourth-order valence-corrected chi connectivity index (χ4v) is 2.93. The number of hydrogen-bond acceptors (Lipinski definition) is 8. The van der Waals surface area contributed by atoms with Gasteiger partial charge in [-0.05, 0) is 36.4 Å². The number of phenolic OH excluding ortho intramolecular Hbond substituents is 1. The third kappa shape index (κ3) is 6.44. The van der Waals surface area contributed by atoms with E-state index in [1.54, 1.807) is 12.1 Å². The van der Waals surface area contributed by atoms with Crippen molar-refractivity contribution in [3.63, 3.8) is 0 Å². The standard InChI is InChI=1S/C25H20N2O9/c28-18-14-8-7-13-17(18)21(29)26-27-22(30)19(35-24(33)15-9-3-1-4-10-15)20(23(31)32)36-25(34)16-11-5-2-6-12-16/h1-14,19-20,28H,(H,26,29)(H,27,30)(H,31,32). The Morgan fingerprint density at radius 3 is 1.61 bits per heavy atom. The molecule has 2 amide bonds. The van der Waals surface area contributed by atoms with Gasteiger partial charge in [0.15, 0.2) is 0 Å². The van der Waals surface area contributed by atoms with Crippen LogP contribution in [0.3, 0.4) is 0 Å². The lowest BCUT2D eigenvalue weighted by atomic mass is 10.1. The molecule has 3 aromatic carbocycles. The summed E-state index contributed by atoms with van der Waals surface area (Å²) in [6.45, 7) is 0. The molecular formula is C25H20N2O9. The molecule has 3 aromatic rings. The second kappa shape index (κ2) is 11.8. The summed E-state index contributed by atoms with van der Waals surface area (Å²) in [6, 6.07) is 20.2. The van der Waals surface area contributed by atoms with Gasteiger partial charge in [-0.1, -0.05) is 48.5 Å². The van der Waals surface area contributed by atoms with E-state index in [0.29, 0.717) is 0 Å². The van der Waals surface area contributed by atoms with Crippen LogP contribution < -0.4 is 10.9 Å². The highest BCUT2D eigenvalue weighted by atomic mass is 16.6. The van der Waals surface area contributed by atoms with Crippen LogP contribution >= 0.6 is 0 Å². The molecule has 0 aromatic heterocycles. The minimum absolute atomic E-state index is 0.00734. The monoisotopic (exact) mass is 492 g/mol. The van der Waals surface area contributed by atoms with Crippen LogP contribution in [0.4, 0.5) is 0 Å². The Balaban J connectivity index is 1.83. The number of carboxylic acids is 1. The zero-order valence-corrected chi connectivity index (χ0v) is 18.5. The van der Waals surface area contributed by atoms with Gasteiger partial charge in [-0.2, -0.15) is 0 Å². The molecule has 0 aliphatic carbocycles. The molecule has 3 rings (SSSR count). The first kappa shape index (κ1) is 25.4. The van der Waals surface area contributed by atoms with Crippen LogP contribution in [0.1, 0.15) is 31.1 Å². The minimum Gasteiger partial charge on any atom is -0.507 e. The van der Waals surface area contributed by atoms with Crippen molar-refractivity contribution in [3.8, 4) is 5.75 Å². The summed E-state index contributed by atoms with van der Waals surface area (Å²) in [5.41, 5.74) is 3.71. The number of nitrogens with one attached hydrogen (secondary N) is 2. The number of carbonyl (C=O) groups is 5. The molecule has 0 saturated carbocycles. The number of rotatable bonds is 8. The molecule has 0 heterocycles. The fourth-order valence-electron chi connectivity index (χ4n) is 2.93. The Bertz CT molecular complexity index is 1260. The lowest BCUT2D eigenvalue weighted by Gasteiger charge is -2.23. The van der Waals surface area contributed by atoms with Gasteiger partial charge in [-0.25, -0.2) is 14.4 Å². The van der Waals surface area contributed by atoms with Crippen LogP contribution in [0.5, 0.6) is 5.75 Å². The van der Waals surface area contributed by atoms with Crippen LogP contribution in [-0.2, 0) is 19.1 Å². The summed E-state index contributed by atoms with van der Waals surface area (Å²) in [6.07, 6.45) is -4.47. The zero-order chi connectivity index (χ0) is 26.1. The Hall–Kier alpha value is -5.19. The second-order valence-corrected chi connectivity index (χ2v) is 7.18. The van der Waals surface area contributed by atoms with Crippen molar-refractivity contribution in [1.82, 2.24) is 10.9 Å². The minimum atomic E-state index is -2.27. The van der Waals surface area contributed by atoms with Crippen LogP contribution in [-0.4, -0.2) is 52.1 Å². The van der Waals surface area contributed by atoms with E-state index in [4.69, 9.17) is 9.47 Å². The van der Waals surface area contributed by atoms with E-state index in [-0.39, 0.29) is 22.4 Å². The van der Waals surface area contributed by atoms with Crippen molar-refractivity contribution in [3.05, 3.63) is 102 Å². The summed E-state index contributed by atoms with van der Waals surface area (Å²) < 4.78 is 10.1. The number of para-hydroxylation sites is 1. The molecule has 0 bridgehead atoms. The quantitative estimate of drug-likeness (QED) is 0.270. The van der Waals surface area contributed by atoms with E-state index in [2.05, 4.69) is 0 Å². The molecule has 2 atom stereocenters. The number of ether oxygens (including phenoxy) is 2. The summed E-state index contributed by atoms with van der Waals surface area (Å²) in [4.78, 5) is 62.2. The van der Waals surface area contributed by atoms with Gasteiger partial charge in [-0.3, -0.25) is 20.4 Å². The maximum atomic E-state index is 12.9. The smallest absolute Gasteiger partial charge is 0.349 e. The van der Waals surface area contributed by atoms with Gasteiger partial charge in [0.1, 0.15) is 5.75 Å². The summed E-state index contributed by atoms with van der Waals surface area (Å²) in [7, 11) is 0. The average Bonchev–Trinajstić information content (AvgIpc) is 2.89. The highest BCUT2D eigenvalue weighted by Crippen LogP contribution is 2.16. The molecule has 2 unspecified atom stereocenters. The zero-order valence-electron chi connectivity index (χ0n) is 18.5. The average molecular weight is 492 g/mol. The van der Waals surface area contributed by atoms with Gasteiger partial charge < -0.3 is 19.7 Å². The van der Waals surface area contributed by atoms with Crippen LogP contribution in [0.2, 0.25) is 0 Å². The maximum absolute atomic E-state index is 12.9. The van der Waals surface area contributed by atoms with Gasteiger partial charge >= 0.3 is 17.9 Å². The Morgan fingerprint density at radius 1 is 0.639 bits per heavy atom. The molecule has 0 saturated heterocycles. The van der Waals surface area contributed by atoms with E-state index in [9.17, 15) is 34.2 Å². The number of benzene rings is 3. The summed E-state index contributed by atoms with van der Waals surface area (Å²) >= 11 is 0. The topological polar surface area (TPSA) is 168 Å². The Kier molecular flexibility index (Phi) is 8.33. The number of phenols is 1. The number of hydrazine groups is 1. The highest BCUT2D eigenvalue weighted by molar-refractivity contribution is 6.00. The third-order valence-corrected chi connectivity index (χ3v) is 4.71. The number of carbonyl (C=O) groups excluding carboxylic acids is 4.